The topological polar surface area (TPSA) is 39.2 Å². The van der Waals surface area contributed by atoms with Crippen molar-refractivity contribution < 1.29 is 22.7 Å². The highest BCUT2D eigenvalue weighted by Gasteiger charge is 2.34. The lowest BCUT2D eigenvalue weighted by Gasteiger charge is -2.11. The normalized spacial score (nSPS) is 11.4. The summed E-state index contributed by atoms with van der Waals surface area (Å²) in [6.07, 6.45) is -4.60. The number of thiophene rings is 1. The van der Waals surface area contributed by atoms with E-state index in [0.29, 0.717) is 5.01 Å². The maximum absolute atomic E-state index is 12.9. The zero-order valence-corrected chi connectivity index (χ0v) is 13.0. The van der Waals surface area contributed by atoms with Gasteiger partial charge in [-0.3, -0.25) is 0 Å². The Morgan fingerprint density at radius 2 is 1.91 bits per heavy atom. The van der Waals surface area contributed by atoms with Gasteiger partial charge in [0.2, 0.25) is 0 Å². The molecule has 0 atom stereocenters. The number of esters is 1. The van der Waals surface area contributed by atoms with Crippen molar-refractivity contribution >= 4 is 28.6 Å². The first-order chi connectivity index (χ1) is 10.9. The Hall–Kier alpha value is -2.19. The van der Waals surface area contributed by atoms with Crippen molar-refractivity contribution in [1.82, 2.24) is 4.98 Å². The SMILES string of the molecule is O=C(Oc1ccccc1C(F)(F)F)c1csc(-c2ccsc2)n1. The molecular formula is C15H8F3NO2S2. The lowest BCUT2D eigenvalue weighted by molar-refractivity contribution is -0.138. The van der Waals surface area contributed by atoms with E-state index in [2.05, 4.69) is 4.98 Å². The van der Waals surface area contributed by atoms with E-state index >= 15 is 0 Å². The summed E-state index contributed by atoms with van der Waals surface area (Å²) in [6.45, 7) is 0. The summed E-state index contributed by atoms with van der Waals surface area (Å²) in [4.78, 5) is 16.1. The van der Waals surface area contributed by atoms with Crippen molar-refractivity contribution in [2.45, 2.75) is 6.18 Å². The summed E-state index contributed by atoms with van der Waals surface area (Å²) in [6, 6.07) is 6.41. The number of ether oxygens (including phenoxy) is 1. The monoisotopic (exact) mass is 355 g/mol. The second-order valence-electron chi connectivity index (χ2n) is 4.43. The molecule has 2 heterocycles. The summed E-state index contributed by atoms with van der Waals surface area (Å²) >= 11 is 2.71. The van der Waals surface area contributed by atoms with Gasteiger partial charge in [0.25, 0.3) is 0 Å². The third kappa shape index (κ3) is 3.43. The minimum absolute atomic E-state index is 0.0202. The fourth-order valence-electron chi connectivity index (χ4n) is 1.83. The smallest absolute Gasteiger partial charge is 0.419 e. The van der Waals surface area contributed by atoms with Crippen molar-refractivity contribution in [2.24, 2.45) is 0 Å². The quantitative estimate of drug-likeness (QED) is 0.484. The number of halogens is 3. The number of rotatable bonds is 3. The molecule has 3 aromatic rings. The molecule has 0 unspecified atom stereocenters. The highest BCUT2D eigenvalue weighted by atomic mass is 32.1. The zero-order valence-electron chi connectivity index (χ0n) is 11.3. The van der Waals surface area contributed by atoms with Gasteiger partial charge in [-0.05, 0) is 23.6 Å². The molecule has 8 heteroatoms. The fourth-order valence-corrected chi connectivity index (χ4v) is 3.33. The standard InChI is InChI=1S/C15H8F3NO2S2/c16-15(17,18)10-3-1-2-4-12(10)21-14(20)11-8-23-13(19-11)9-5-6-22-7-9/h1-8H. The van der Waals surface area contributed by atoms with E-state index in [4.69, 9.17) is 4.74 Å². The number of thiazole rings is 1. The Kier molecular flexibility index (Phi) is 4.18. The van der Waals surface area contributed by atoms with Crippen LogP contribution < -0.4 is 4.74 Å². The number of aromatic nitrogens is 1. The maximum Gasteiger partial charge on any atom is 0.419 e. The molecule has 0 N–H and O–H groups in total. The third-order valence-corrected chi connectivity index (χ3v) is 4.45. The lowest BCUT2D eigenvalue weighted by atomic mass is 10.2. The van der Waals surface area contributed by atoms with Gasteiger partial charge < -0.3 is 4.74 Å². The molecule has 1 aromatic carbocycles. The van der Waals surface area contributed by atoms with Crippen LogP contribution in [0.5, 0.6) is 5.75 Å². The minimum Gasteiger partial charge on any atom is -0.421 e. The van der Waals surface area contributed by atoms with Crippen LogP contribution in [-0.4, -0.2) is 11.0 Å². The molecule has 0 bridgehead atoms. The van der Waals surface area contributed by atoms with Crippen LogP contribution >= 0.6 is 22.7 Å². The highest BCUT2D eigenvalue weighted by Crippen LogP contribution is 2.36. The largest absolute Gasteiger partial charge is 0.421 e. The second kappa shape index (κ2) is 6.13. The van der Waals surface area contributed by atoms with E-state index in [1.165, 1.54) is 40.2 Å². The van der Waals surface area contributed by atoms with Gasteiger partial charge in [0, 0.05) is 16.3 Å². The van der Waals surface area contributed by atoms with Crippen molar-refractivity contribution in [3.8, 4) is 16.3 Å². The molecule has 3 nitrogen and oxygen atoms in total. The Bertz CT molecular complexity index is 825. The van der Waals surface area contributed by atoms with Gasteiger partial charge in [-0.1, -0.05) is 12.1 Å². The van der Waals surface area contributed by atoms with Gasteiger partial charge in [-0.15, -0.1) is 11.3 Å². The Morgan fingerprint density at radius 3 is 2.61 bits per heavy atom. The van der Waals surface area contributed by atoms with Crippen molar-refractivity contribution in [2.75, 3.05) is 0 Å². The Labute approximate surface area is 137 Å². The van der Waals surface area contributed by atoms with Gasteiger partial charge in [0.05, 0.1) is 5.56 Å². The van der Waals surface area contributed by atoms with Gasteiger partial charge in [-0.25, -0.2) is 9.78 Å². The Balaban J connectivity index is 1.83. The number of carbonyl (C=O) groups excluding carboxylic acids is 1. The zero-order chi connectivity index (χ0) is 16.4. The van der Waals surface area contributed by atoms with Crippen LogP contribution in [0.1, 0.15) is 16.1 Å². The summed E-state index contributed by atoms with van der Waals surface area (Å²) < 4.78 is 43.5. The molecule has 0 radical (unpaired) electrons. The van der Waals surface area contributed by atoms with Crippen LogP contribution in [-0.2, 0) is 6.18 Å². The molecule has 0 amide bonds. The number of carbonyl (C=O) groups is 1. The first-order valence-electron chi connectivity index (χ1n) is 6.31. The van der Waals surface area contributed by atoms with Crippen molar-refractivity contribution in [3.63, 3.8) is 0 Å². The molecule has 0 aliphatic rings. The fraction of sp³-hybridized carbons (Fsp3) is 0.0667. The first-order valence-corrected chi connectivity index (χ1v) is 8.14. The number of hydrogen-bond donors (Lipinski definition) is 0. The van der Waals surface area contributed by atoms with Crippen LogP contribution in [0, 0.1) is 0 Å². The van der Waals surface area contributed by atoms with E-state index in [1.54, 1.807) is 0 Å². The van der Waals surface area contributed by atoms with E-state index in [1.807, 2.05) is 16.8 Å². The maximum atomic E-state index is 12.9. The van der Waals surface area contributed by atoms with Crippen LogP contribution in [0.25, 0.3) is 10.6 Å². The van der Waals surface area contributed by atoms with Crippen molar-refractivity contribution in [3.05, 3.63) is 57.7 Å². The Morgan fingerprint density at radius 1 is 1.13 bits per heavy atom. The van der Waals surface area contributed by atoms with Crippen LogP contribution in [0.4, 0.5) is 13.2 Å². The molecule has 118 valence electrons. The van der Waals surface area contributed by atoms with Gasteiger partial charge in [-0.2, -0.15) is 24.5 Å². The van der Waals surface area contributed by atoms with E-state index < -0.39 is 23.5 Å². The molecular weight excluding hydrogens is 347 g/mol. The van der Waals surface area contributed by atoms with E-state index in [-0.39, 0.29) is 5.69 Å². The van der Waals surface area contributed by atoms with Gasteiger partial charge in [0.1, 0.15) is 10.8 Å². The number of para-hydroxylation sites is 1. The molecule has 0 fully saturated rings. The molecule has 0 aliphatic heterocycles. The highest BCUT2D eigenvalue weighted by molar-refractivity contribution is 7.14. The number of nitrogens with zero attached hydrogens (tertiary/aromatic N) is 1. The molecule has 23 heavy (non-hydrogen) atoms. The molecule has 0 saturated carbocycles. The number of benzene rings is 1. The average molecular weight is 355 g/mol. The van der Waals surface area contributed by atoms with Crippen molar-refractivity contribution in [1.29, 1.82) is 0 Å². The van der Waals surface area contributed by atoms with Gasteiger partial charge >= 0.3 is 12.1 Å². The van der Waals surface area contributed by atoms with E-state index in [9.17, 15) is 18.0 Å². The molecule has 3 rings (SSSR count). The summed E-state index contributed by atoms with van der Waals surface area (Å²) in [5.41, 5.74) is -0.162. The molecule has 0 spiro atoms. The number of alkyl halides is 3. The number of hydrogen-bond acceptors (Lipinski definition) is 5. The van der Waals surface area contributed by atoms with E-state index in [0.717, 1.165) is 17.7 Å². The van der Waals surface area contributed by atoms with Crippen LogP contribution in [0.3, 0.4) is 0 Å². The molecule has 0 aliphatic carbocycles. The first kappa shape index (κ1) is 15.7. The lowest BCUT2D eigenvalue weighted by Crippen LogP contribution is -2.14. The summed E-state index contributed by atoms with van der Waals surface area (Å²) in [5.74, 6) is -1.45. The van der Waals surface area contributed by atoms with Crippen LogP contribution in [0.2, 0.25) is 0 Å². The average Bonchev–Trinajstić information content (AvgIpc) is 3.18. The predicted molar refractivity (Wildman–Crippen MR) is 81.8 cm³/mol. The molecule has 2 aromatic heterocycles. The van der Waals surface area contributed by atoms with Gasteiger partial charge in [0.15, 0.2) is 5.69 Å². The van der Waals surface area contributed by atoms with Crippen LogP contribution in [0.15, 0.2) is 46.5 Å². The summed E-state index contributed by atoms with van der Waals surface area (Å²) in [7, 11) is 0. The minimum atomic E-state index is -4.60. The predicted octanol–water partition coefficient (Wildman–Crippen LogP) is 5.11. The third-order valence-electron chi connectivity index (χ3n) is 2.88. The second-order valence-corrected chi connectivity index (χ2v) is 6.07. The molecule has 0 saturated heterocycles. The summed E-state index contributed by atoms with van der Waals surface area (Å²) in [5, 5.41) is 5.81.